The van der Waals surface area contributed by atoms with E-state index in [9.17, 15) is 13.6 Å². The number of amides is 1. The first-order chi connectivity index (χ1) is 10.9. The number of carbonyl (C=O) groups is 1. The Morgan fingerprint density at radius 1 is 1.26 bits per heavy atom. The maximum absolute atomic E-state index is 12.9. The lowest BCUT2D eigenvalue weighted by molar-refractivity contribution is -0.286. The fraction of sp³-hybridized carbons (Fsp3) is 0.267. The topological polar surface area (TPSA) is 72.7 Å². The molecule has 1 atom stereocenters. The largest absolute Gasteiger partial charge is 0.586 e. The minimum Gasteiger partial charge on any atom is -0.468 e. The molecule has 1 aliphatic heterocycles. The number of halogens is 2. The summed E-state index contributed by atoms with van der Waals surface area (Å²) in [5, 5.41) is 5.58. The first-order valence-corrected chi connectivity index (χ1v) is 6.89. The van der Waals surface area contributed by atoms with Gasteiger partial charge in [0.1, 0.15) is 5.76 Å². The van der Waals surface area contributed by atoms with Crippen LogP contribution in [0.5, 0.6) is 11.5 Å². The summed E-state index contributed by atoms with van der Waals surface area (Å²) in [4.78, 5) is 11.9. The highest BCUT2D eigenvalue weighted by molar-refractivity contribution is 5.92. The normalized spacial score (nSPS) is 16.1. The van der Waals surface area contributed by atoms with Crippen LogP contribution in [-0.4, -0.2) is 18.7 Å². The highest BCUT2D eigenvalue weighted by atomic mass is 19.3. The van der Waals surface area contributed by atoms with Crippen LogP contribution < -0.4 is 20.1 Å². The smallest absolute Gasteiger partial charge is 0.468 e. The number of carbonyl (C=O) groups excluding carboxylic acids is 1. The zero-order chi connectivity index (χ0) is 16.4. The van der Waals surface area contributed by atoms with Gasteiger partial charge >= 0.3 is 6.29 Å². The quantitative estimate of drug-likeness (QED) is 0.885. The molecule has 2 aromatic rings. The summed E-state index contributed by atoms with van der Waals surface area (Å²) >= 11 is 0. The molecule has 2 heterocycles. The summed E-state index contributed by atoms with van der Waals surface area (Å²) in [6.07, 6.45) is -2.12. The van der Waals surface area contributed by atoms with Crippen molar-refractivity contribution in [1.29, 1.82) is 0 Å². The highest BCUT2D eigenvalue weighted by Gasteiger charge is 2.43. The SMILES string of the molecule is C[C@H](NCC(=O)Nc1ccc2c(c1)OC(F)(F)O2)c1ccco1. The summed E-state index contributed by atoms with van der Waals surface area (Å²) in [6.45, 7) is 1.89. The second-order valence-electron chi connectivity index (χ2n) is 5.00. The van der Waals surface area contributed by atoms with Crippen LogP contribution in [0.3, 0.4) is 0 Å². The molecular weight excluding hydrogens is 310 g/mol. The minimum absolute atomic E-state index is 0.0342. The summed E-state index contributed by atoms with van der Waals surface area (Å²) in [7, 11) is 0. The fourth-order valence-electron chi connectivity index (χ4n) is 2.12. The lowest BCUT2D eigenvalue weighted by Gasteiger charge is -2.11. The van der Waals surface area contributed by atoms with Crippen molar-refractivity contribution in [2.24, 2.45) is 0 Å². The van der Waals surface area contributed by atoms with Crippen molar-refractivity contribution in [3.8, 4) is 11.5 Å². The van der Waals surface area contributed by atoms with Gasteiger partial charge < -0.3 is 19.2 Å². The molecule has 3 rings (SSSR count). The van der Waals surface area contributed by atoms with E-state index >= 15 is 0 Å². The molecule has 0 spiro atoms. The van der Waals surface area contributed by atoms with Gasteiger partial charge in [-0.15, -0.1) is 8.78 Å². The predicted molar refractivity (Wildman–Crippen MR) is 76.4 cm³/mol. The van der Waals surface area contributed by atoms with Crippen molar-refractivity contribution < 1.29 is 27.5 Å². The van der Waals surface area contributed by atoms with Crippen molar-refractivity contribution in [2.75, 3.05) is 11.9 Å². The number of nitrogens with one attached hydrogen (secondary N) is 2. The first-order valence-electron chi connectivity index (χ1n) is 6.89. The van der Waals surface area contributed by atoms with Crippen molar-refractivity contribution in [1.82, 2.24) is 5.32 Å². The van der Waals surface area contributed by atoms with E-state index < -0.39 is 6.29 Å². The van der Waals surface area contributed by atoms with Crippen LogP contribution in [0.4, 0.5) is 14.5 Å². The number of ether oxygens (including phenoxy) is 2. The van der Waals surface area contributed by atoms with Crippen LogP contribution in [0.1, 0.15) is 18.7 Å². The molecule has 122 valence electrons. The van der Waals surface area contributed by atoms with E-state index in [1.54, 1.807) is 18.4 Å². The van der Waals surface area contributed by atoms with E-state index in [2.05, 4.69) is 20.1 Å². The number of hydrogen-bond acceptors (Lipinski definition) is 5. The first kappa shape index (κ1) is 15.3. The molecule has 0 unspecified atom stereocenters. The Morgan fingerprint density at radius 2 is 2.04 bits per heavy atom. The second kappa shape index (κ2) is 5.88. The van der Waals surface area contributed by atoms with E-state index in [4.69, 9.17) is 4.42 Å². The van der Waals surface area contributed by atoms with Gasteiger partial charge in [-0.3, -0.25) is 10.1 Å². The molecule has 1 aliphatic rings. The van der Waals surface area contributed by atoms with Gasteiger partial charge in [-0.05, 0) is 31.2 Å². The molecule has 1 amide bonds. The number of rotatable bonds is 5. The third kappa shape index (κ3) is 3.59. The number of anilines is 1. The molecule has 8 heteroatoms. The van der Waals surface area contributed by atoms with Gasteiger partial charge in [0.15, 0.2) is 11.5 Å². The maximum Gasteiger partial charge on any atom is 0.586 e. The Bertz CT molecular complexity index is 704. The van der Waals surface area contributed by atoms with Gasteiger partial charge in [0.05, 0.1) is 18.8 Å². The van der Waals surface area contributed by atoms with Crippen LogP contribution in [0.15, 0.2) is 41.0 Å². The molecule has 2 N–H and O–H groups in total. The summed E-state index contributed by atoms with van der Waals surface area (Å²) in [5.74, 6) is 0.194. The molecule has 1 aromatic carbocycles. The third-order valence-electron chi connectivity index (χ3n) is 3.22. The summed E-state index contributed by atoms with van der Waals surface area (Å²) in [5.41, 5.74) is 0.336. The fourth-order valence-corrected chi connectivity index (χ4v) is 2.12. The van der Waals surface area contributed by atoms with E-state index in [-0.39, 0.29) is 30.0 Å². The predicted octanol–water partition coefficient (Wildman–Crippen LogP) is 2.89. The van der Waals surface area contributed by atoms with Crippen molar-refractivity contribution in [3.05, 3.63) is 42.4 Å². The summed E-state index contributed by atoms with van der Waals surface area (Å²) in [6, 6.07) is 7.47. The Morgan fingerprint density at radius 3 is 2.78 bits per heavy atom. The van der Waals surface area contributed by atoms with E-state index in [1.165, 1.54) is 18.2 Å². The Labute approximate surface area is 130 Å². The van der Waals surface area contributed by atoms with Gasteiger partial charge in [-0.25, -0.2) is 0 Å². The zero-order valence-electron chi connectivity index (χ0n) is 12.1. The monoisotopic (exact) mass is 324 g/mol. The average molecular weight is 324 g/mol. The molecule has 6 nitrogen and oxygen atoms in total. The zero-order valence-corrected chi connectivity index (χ0v) is 12.1. The third-order valence-corrected chi connectivity index (χ3v) is 3.22. The average Bonchev–Trinajstić information content (AvgIpc) is 3.10. The molecule has 23 heavy (non-hydrogen) atoms. The molecule has 1 aromatic heterocycles. The number of alkyl halides is 2. The Balaban J connectivity index is 1.55. The lowest BCUT2D eigenvalue weighted by atomic mass is 10.2. The van der Waals surface area contributed by atoms with Gasteiger partial charge in [-0.1, -0.05) is 0 Å². The van der Waals surface area contributed by atoms with E-state index in [0.717, 1.165) is 0 Å². The van der Waals surface area contributed by atoms with Crippen LogP contribution in [-0.2, 0) is 4.79 Å². The van der Waals surface area contributed by atoms with Crippen LogP contribution in [0.25, 0.3) is 0 Å². The summed E-state index contributed by atoms with van der Waals surface area (Å²) < 4.78 is 39.7. The standard InChI is InChI=1S/C15H14F2N2O4/c1-9(11-3-2-6-21-11)18-8-14(20)19-10-4-5-12-13(7-10)23-15(16,17)22-12/h2-7,9,18H,8H2,1H3,(H,19,20)/t9-/m0/s1. The highest BCUT2D eigenvalue weighted by Crippen LogP contribution is 2.42. The van der Waals surface area contributed by atoms with Crippen LogP contribution in [0, 0.1) is 0 Å². The number of benzene rings is 1. The van der Waals surface area contributed by atoms with Crippen LogP contribution >= 0.6 is 0 Å². The van der Waals surface area contributed by atoms with Crippen molar-refractivity contribution in [2.45, 2.75) is 19.3 Å². The number of hydrogen-bond donors (Lipinski definition) is 2. The Kier molecular flexibility index (Phi) is 3.91. The van der Waals surface area contributed by atoms with Gasteiger partial charge in [0, 0.05) is 11.8 Å². The van der Waals surface area contributed by atoms with E-state index in [1.807, 2.05) is 6.92 Å². The molecule has 0 aliphatic carbocycles. The lowest BCUT2D eigenvalue weighted by Crippen LogP contribution is -2.29. The van der Waals surface area contributed by atoms with Crippen LogP contribution in [0.2, 0.25) is 0 Å². The molecular formula is C15H14F2N2O4. The molecule has 0 fully saturated rings. The maximum atomic E-state index is 12.9. The van der Waals surface area contributed by atoms with Crippen molar-refractivity contribution in [3.63, 3.8) is 0 Å². The molecule has 0 radical (unpaired) electrons. The molecule has 0 bridgehead atoms. The minimum atomic E-state index is -3.68. The van der Waals surface area contributed by atoms with E-state index in [0.29, 0.717) is 11.4 Å². The van der Waals surface area contributed by atoms with Crippen molar-refractivity contribution >= 4 is 11.6 Å². The Hall–Kier alpha value is -2.61. The van der Waals surface area contributed by atoms with Gasteiger partial charge in [-0.2, -0.15) is 0 Å². The second-order valence-corrected chi connectivity index (χ2v) is 5.00. The van der Waals surface area contributed by atoms with Gasteiger partial charge in [0.2, 0.25) is 5.91 Å². The number of fused-ring (bicyclic) bond motifs is 1. The van der Waals surface area contributed by atoms with Gasteiger partial charge in [0.25, 0.3) is 0 Å². The molecule has 0 saturated heterocycles. The molecule has 0 saturated carbocycles. The number of furan rings is 1.